The van der Waals surface area contributed by atoms with Crippen molar-refractivity contribution in [3.63, 3.8) is 0 Å². The van der Waals surface area contributed by atoms with E-state index in [4.69, 9.17) is 15.0 Å². The monoisotopic (exact) mass is 587 g/mol. The van der Waals surface area contributed by atoms with Gasteiger partial charge in [-0.2, -0.15) is 0 Å². The lowest BCUT2D eigenvalue weighted by Crippen LogP contribution is -2.56. The van der Waals surface area contributed by atoms with Gasteiger partial charge in [-0.3, -0.25) is 19.9 Å². The van der Waals surface area contributed by atoms with E-state index in [0.717, 1.165) is 55.7 Å². The fraction of sp³-hybridized carbons (Fsp3) is 0. The minimum atomic E-state index is -0.0953. The third-order valence-corrected chi connectivity index (χ3v) is 8.93. The molecule has 5 aromatic carbocycles. The summed E-state index contributed by atoms with van der Waals surface area (Å²) in [6.07, 6.45) is 7.75. The Morgan fingerprint density at radius 2 is 1.15 bits per heavy atom. The number of para-hydroxylation sites is 3. The Balaban J connectivity index is 1.23. The molecule has 0 radical (unpaired) electrons. The maximum absolute atomic E-state index is 5.12. The van der Waals surface area contributed by atoms with E-state index < -0.39 is 0 Å². The van der Waals surface area contributed by atoms with Gasteiger partial charge in [0.15, 0.2) is 5.82 Å². The van der Waals surface area contributed by atoms with E-state index in [1.54, 1.807) is 0 Å². The van der Waals surface area contributed by atoms with Gasteiger partial charge in [-0.05, 0) is 59.2 Å². The van der Waals surface area contributed by atoms with Crippen LogP contribution in [0.3, 0.4) is 0 Å². The molecule has 0 spiro atoms. The molecule has 0 saturated carbocycles. The predicted molar refractivity (Wildman–Crippen MR) is 189 cm³/mol. The highest BCUT2D eigenvalue weighted by molar-refractivity contribution is 6.98. The van der Waals surface area contributed by atoms with Gasteiger partial charge in [0.2, 0.25) is 0 Å². The molecule has 4 heterocycles. The molecule has 0 N–H and O–H groups in total. The summed E-state index contributed by atoms with van der Waals surface area (Å²) in [5, 5.41) is 2.27. The smallest absolute Gasteiger partial charge is 0.268 e. The maximum Gasteiger partial charge on any atom is 0.268 e. The van der Waals surface area contributed by atoms with Gasteiger partial charge in [-0.25, -0.2) is 4.98 Å². The number of aromatic nitrogens is 4. The Morgan fingerprint density at radius 1 is 0.457 bits per heavy atom. The molecule has 1 aliphatic heterocycles. The summed E-state index contributed by atoms with van der Waals surface area (Å²) in [7, 11) is 0. The number of fused-ring (bicyclic) bond motifs is 3. The van der Waals surface area contributed by atoms with Crippen LogP contribution in [0.4, 0.5) is 17.2 Å². The van der Waals surface area contributed by atoms with Crippen molar-refractivity contribution in [1.82, 2.24) is 19.9 Å². The van der Waals surface area contributed by atoms with Crippen LogP contribution in [0, 0.1) is 0 Å². The molecule has 0 fully saturated rings. The highest BCUT2D eigenvalue weighted by atomic mass is 15.2. The summed E-state index contributed by atoms with van der Waals surface area (Å²) in [4.78, 5) is 21.9. The first-order valence-corrected chi connectivity index (χ1v) is 15.4. The standard InChI is InChI=1S/C40H26BN5/c1-3-12-27(13-4-1)46(28-14-5-2-6-15-28)38-26-44-37(25-45-38)41-33-18-9-7-17-31(33)39-32(24-43-36-21-11-19-34(41)40(36)39)29-22-23-42-35-20-10-8-16-30(29)35/h1-26H. The summed E-state index contributed by atoms with van der Waals surface area (Å²) in [5.74, 6) is 0.761. The van der Waals surface area contributed by atoms with Crippen molar-refractivity contribution in [3.8, 4) is 22.3 Å². The Labute approximate surface area is 267 Å². The topological polar surface area (TPSA) is 54.8 Å². The third kappa shape index (κ3) is 4.19. The van der Waals surface area contributed by atoms with Crippen LogP contribution in [-0.2, 0) is 0 Å². The fourth-order valence-electron chi connectivity index (χ4n) is 6.95. The highest BCUT2D eigenvalue weighted by Gasteiger charge is 2.34. The Hall–Kier alpha value is -6.14. The van der Waals surface area contributed by atoms with E-state index in [1.807, 2.05) is 67.3 Å². The second-order valence-corrected chi connectivity index (χ2v) is 11.5. The molecule has 9 rings (SSSR count). The van der Waals surface area contributed by atoms with Crippen LogP contribution in [0.25, 0.3) is 44.1 Å². The minimum Gasteiger partial charge on any atom is -0.294 e. The highest BCUT2D eigenvalue weighted by Crippen LogP contribution is 2.40. The summed E-state index contributed by atoms with van der Waals surface area (Å²) < 4.78 is 0. The molecule has 214 valence electrons. The SMILES string of the molecule is c1ccc(N(c2ccccc2)c2cnc(B3c4ccccc4-c4c(-c5ccnc6ccccc56)cnc5cccc3c45)cn2)cc1. The summed E-state index contributed by atoms with van der Waals surface area (Å²) in [6, 6.07) is 46.1. The molecule has 6 heteroatoms. The van der Waals surface area contributed by atoms with E-state index in [-0.39, 0.29) is 6.71 Å². The Bertz CT molecular complexity index is 2330. The van der Waals surface area contributed by atoms with Crippen LogP contribution in [0.1, 0.15) is 0 Å². The Kier molecular flexibility index (Phi) is 6.16. The number of pyridine rings is 2. The maximum atomic E-state index is 5.12. The van der Waals surface area contributed by atoms with Gasteiger partial charge in [0.05, 0.1) is 17.2 Å². The molecule has 3 aromatic heterocycles. The molecule has 8 aromatic rings. The first-order chi connectivity index (χ1) is 22.8. The van der Waals surface area contributed by atoms with Crippen molar-refractivity contribution in [2.45, 2.75) is 0 Å². The first kappa shape index (κ1) is 26.3. The van der Waals surface area contributed by atoms with Crippen molar-refractivity contribution in [2.75, 3.05) is 4.90 Å². The Morgan fingerprint density at radius 3 is 1.93 bits per heavy atom. The largest absolute Gasteiger partial charge is 0.294 e. The molecule has 0 amide bonds. The zero-order valence-electron chi connectivity index (χ0n) is 24.8. The van der Waals surface area contributed by atoms with E-state index in [0.29, 0.717) is 0 Å². The molecule has 46 heavy (non-hydrogen) atoms. The molecule has 0 unspecified atom stereocenters. The van der Waals surface area contributed by atoms with Crippen LogP contribution in [0.5, 0.6) is 0 Å². The minimum absolute atomic E-state index is 0.0953. The van der Waals surface area contributed by atoms with E-state index in [2.05, 4.69) is 101 Å². The normalized spacial score (nSPS) is 11.9. The third-order valence-electron chi connectivity index (χ3n) is 8.93. The van der Waals surface area contributed by atoms with Gasteiger partial charge in [-0.15, -0.1) is 0 Å². The van der Waals surface area contributed by atoms with Crippen LogP contribution in [0.2, 0.25) is 0 Å². The summed E-state index contributed by atoms with van der Waals surface area (Å²) in [6.45, 7) is -0.0953. The van der Waals surface area contributed by atoms with Crippen molar-refractivity contribution < 1.29 is 0 Å². The van der Waals surface area contributed by atoms with Crippen molar-refractivity contribution in [1.29, 1.82) is 0 Å². The van der Waals surface area contributed by atoms with Crippen molar-refractivity contribution in [2.24, 2.45) is 0 Å². The summed E-state index contributed by atoms with van der Waals surface area (Å²) in [5.41, 5.74) is 11.9. The lowest BCUT2D eigenvalue weighted by atomic mass is 9.35. The lowest BCUT2D eigenvalue weighted by molar-refractivity contribution is 1.14. The number of rotatable bonds is 5. The lowest BCUT2D eigenvalue weighted by Gasteiger charge is -2.28. The van der Waals surface area contributed by atoms with Gasteiger partial charge < -0.3 is 0 Å². The number of benzene rings is 5. The molecule has 1 aliphatic rings. The molecular formula is C40H26BN5. The van der Waals surface area contributed by atoms with Crippen LogP contribution in [-0.4, -0.2) is 26.6 Å². The van der Waals surface area contributed by atoms with Crippen molar-refractivity contribution >= 4 is 62.2 Å². The number of hydrogen-bond acceptors (Lipinski definition) is 5. The average molecular weight is 587 g/mol. The van der Waals surface area contributed by atoms with Gasteiger partial charge in [-0.1, -0.05) is 102 Å². The molecule has 0 saturated heterocycles. The number of nitrogens with zero attached hydrogens (tertiary/aromatic N) is 5. The first-order valence-electron chi connectivity index (χ1n) is 15.4. The fourth-order valence-corrected chi connectivity index (χ4v) is 6.95. The second kappa shape index (κ2) is 10.8. The van der Waals surface area contributed by atoms with E-state index in [1.165, 1.54) is 22.1 Å². The van der Waals surface area contributed by atoms with Crippen LogP contribution >= 0.6 is 0 Å². The number of hydrogen-bond donors (Lipinski definition) is 0. The molecule has 0 bridgehead atoms. The predicted octanol–water partition coefficient (Wildman–Crippen LogP) is 7.21. The average Bonchev–Trinajstić information content (AvgIpc) is 3.13. The zero-order chi connectivity index (χ0) is 30.5. The molecule has 5 nitrogen and oxygen atoms in total. The van der Waals surface area contributed by atoms with Gasteiger partial charge in [0.1, 0.15) is 0 Å². The summed E-state index contributed by atoms with van der Waals surface area (Å²) >= 11 is 0. The van der Waals surface area contributed by atoms with Gasteiger partial charge in [0.25, 0.3) is 6.71 Å². The van der Waals surface area contributed by atoms with Gasteiger partial charge >= 0.3 is 0 Å². The van der Waals surface area contributed by atoms with Crippen molar-refractivity contribution in [3.05, 3.63) is 158 Å². The molecule has 0 atom stereocenters. The van der Waals surface area contributed by atoms with Gasteiger partial charge in [0, 0.05) is 51.9 Å². The van der Waals surface area contributed by atoms with Crippen LogP contribution < -0.4 is 21.4 Å². The second-order valence-electron chi connectivity index (χ2n) is 11.5. The molecule has 0 aliphatic carbocycles. The van der Waals surface area contributed by atoms with E-state index in [9.17, 15) is 0 Å². The zero-order valence-corrected chi connectivity index (χ0v) is 24.8. The van der Waals surface area contributed by atoms with E-state index >= 15 is 0 Å². The number of anilines is 3. The van der Waals surface area contributed by atoms with Crippen LogP contribution in [0.15, 0.2) is 158 Å². The quantitative estimate of drug-likeness (QED) is 0.199. The molecular weight excluding hydrogens is 561 g/mol.